The molecule has 3 heterocycles. The lowest BCUT2D eigenvalue weighted by Gasteiger charge is -2.05. The summed E-state index contributed by atoms with van der Waals surface area (Å²) in [6, 6.07) is 8.01. The maximum atomic E-state index is 8.58. The zero-order chi connectivity index (χ0) is 18.1. The van der Waals surface area contributed by atoms with Crippen LogP contribution in [0.15, 0.2) is 55.3 Å². The first-order chi connectivity index (χ1) is 12.1. The zero-order valence-corrected chi connectivity index (χ0v) is 14.1. The molecule has 0 aliphatic rings. The molecule has 1 amide bonds. The van der Waals surface area contributed by atoms with E-state index in [2.05, 4.69) is 37.3 Å². The number of hydrogen-bond acceptors (Lipinski definition) is 5. The highest BCUT2D eigenvalue weighted by Gasteiger charge is 2.00. The fourth-order valence-electron chi connectivity index (χ4n) is 2.10. The lowest BCUT2D eigenvalue weighted by atomic mass is 10.1. The van der Waals surface area contributed by atoms with Crippen LogP contribution in [0.25, 0.3) is 16.7 Å². The number of allylic oxidation sites excluding steroid dienone is 1. The molecule has 0 atom stereocenters. The molecular formula is C18H20N6O. The zero-order valence-electron chi connectivity index (χ0n) is 14.1. The topological polar surface area (TPSA) is 110 Å². The van der Waals surface area contributed by atoms with E-state index in [1.54, 1.807) is 6.20 Å². The number of aromatic amines is 1. The molecule has 128 valence electrons. The molecule has 0 radical (unpaired) electrons. The average molecular weight is 336 g/mol. The number of rotatable bonds is 4. The van der Waals surface area contributed by atoms with Crippen molar-refractivity contribution in [2.75, 3.05) is 5.32 Å². The van der Waals surface area contributed by atoms with Gasteiger partial charge in [-0.05, 0) is 49.2 Å². The second kappa shape index (κ2) is 8.97. The Hall–Kier alpha value is -3.48. The number of aryl methyl sites for hydroxylation is 1. The predicted octanol–water partition coefficient (Wildman–Crippen LogP) is 2.75. The molecule has 7 nitrogen and oxygen atoms in total. The minimum atomic E-state index is 0.250. The second-order valence-corrected chi connectivity index (χ2v) is 5.26. The van der Waals surface area contributed by atoms with Crippen LogP contribution < -0.4 is 11.1 Å². The third-order valence-corrected chi connectivity index (χ3v) is 3.33. The smallest absolute Gasteiger partial charge is 0.204 e. The van der Waals surface area contributed by atoms with Crippen LogP contribution in [-0.4, -0.2) is 26.6 Å². The average Bonchev–Trinajstić information content (AvgIpc) is 3.16. The molecule has 0 aliphatic carbocycles. The normalized spacial score (nSPS) is 10.6. The van der Waals surface area contributed by atoms with Gasteiger partial charge in [0.2, 0.25) is 6.41 Å². The molecule has 0 aliphatic heterocycles. The Bertz CT molecular complexity index is 825. The van der Waals surface area contributed by atoms with Gasteiger partial charge in [0.25, 0.3) is 0 Å². The van der Waals surface area contributed by atoms with E-state index in [0.717, 1.165) is 33.8 Å². The summed E-state index contributed by atoms with van der Waals surface area (Å²) < 4.78 is 0. The van der Waals surface area contributed by atoms with Gasteiger partial charge in [-0.2, -0.15) is 5.10 Å². The Labute approximate surface area is 146 Å². The van der Waals surface area contributed by atoms with Crippen LogP contribution in [0.1, 0.15) is 18.2 Å². The first-order valence-electron chi connectivity index (χ1n) is 7.60. The van der Waals surface area contributed by atoms with Crippen molar-refractivity contribution in [3.05, 3.63) is 66.5 Å². The maximum Gasteiger partial charge on any atom is 0.204 e. The standard InChI is InChI=1S/C17H17N5.CH3NO/c1-12-7-15(10-18-8-12)14-3-4-17(20-11-14)19-9-13(2)16-5-6-21-22-16;2-1-3/h3-11H,1-2H3,(H,19,20)(H,21,22);1H,(H2,2,3)/b13-9+;. The number of nitrogens with zero attached hydrogens (tertiary/aromatic N) is 3. The van der Waals surface area contributed by atoms with Gasteiger partial charge in [-0.3, -0.25) is 14.9 Å². The van der Waals surface area contributed by atoms with Gasteiger partial charge >= 0.3 is 0 Å². The molecule has 0 fully saturated rings. The van der Waals surface area contributed by atoms with Crippen LogP contribution in [0, 0.1) is 6.92 Å². The molecule has 0 bridgehead atoms. The number of carbonyl (C=O) groups is 1. The first-order valence-corrected chi connectivity index (χ1v) is 7.60. The maximum absolute atomic E-state index is 8.58. The van der Waals surface area contributed by atoms with Crippen molar-refractivity contribution >= 4 is 17.8 Å². The first kappa shape index (κ1) is 17.9. The van der Waals surface area contributed by atoms with Crippen molar-refractivity contribution in [1.82, 2.24) is 20.2 Å². The number of primary amides is 1. The number of pyridine rings is 2. The highest BCUT2D eigenvalue weighted by molar-refractivity contribution is 5.65. The van der Waals surface area contributed by atoms with Gasteiger partial charge in [0.1, 0.15) is 5.82 Å². The predicted molar refractivity (Wildman–Crippen MR) is 98.3 cm³/mol. The number of aromatic nitrogens is 4. The summed E-state index contributed by atoms with van der Waals surface area (Å²) in [5.74, 6) is 0.795. The molecule has 4 N–H and O–H groups in total. The number of anilines is 1. The van der Waals surface area contributed by atoms with Crippen molar-refractivity contribution in [2.45, 2.75) is 13.8 Å². The van der Waals surface area contributed by atoms with Gasteiger partial charge < -0.3 is 11.1 Å². The molecule has 0 spiro atoms. The highest BCUT2D eigenvalue weighted by atomic mass is 16.1. The van der Waals surface area contributed by atoms with Crippen LogP contribution in [-0.2, 0) is 4.79 Å². The summed E-state index contributed by atoms with van der Waals surface area (Å²) in [6.45, 7) is 4.04. The Morgan fingerprint density at radius 3 is 2.60 bits per heavy atom. The van der Waals surface area contributed by atoms with Gasteiger partial charge in [0, 0.05) is 42.1 Å². The number of amides is 1. The van der Waals surface area contributed by atoms with Gasteiger partial charge in [0.05, 0.1) is 5.69 Å². The third kappa shape index (κ3) is 5.28. The van der Waals surface area contributed by atoms with E-state index in [4.69, 9.17) is 4.79 Å². The lowest BCUT2D eigenvalue weighted by molar-refractivity contribution is -0.106. The van der Waals surface area contributed by atoms with Crippen molar-refractivity contribution in [1.29, 1.82) is 0 Å². The summed E-state index contributed by atoms with van der Waals surface area (Å²) in [5.41, 5.74) is 9.47. The van der Waals surface area contributed by atoms with Gasteiger partial charge in [-0.25, -0.2) is 4.98 Å². The fraction of sp³-hybridized carbons (Fsp3) is 0.111. The third-order valence-electron chi connectivity index (χ3n) is 3.33. The summed E-state index contributed by atoms with van der Waals surface area (Å²) in [7, 11) is 0. The summed E-state index contributed by atoms with van der Waals surface area (Å²) >= 11 is 0. The van der Waals surface area contributed by atoms with Crippen LogP contribution >= 0.6 is 0 Å². The number of nitrogens with two attached hydrogens (primary N) is 1. The lowest BCUT2D eigenvalue weighted by Crippen LogP contribution is -1.93. The van der Waals surface area contributed by atoms with Crippen LogP contribution in [0.3, 0.4) is 0 Å². The summed E-state index contributed by atoms with van der Waals surface area (Å²) in [4.78, 5) is 17.2. The Morgan fingerprint density at radius 2 is 2.00 bits per heavy atom. The number of hydrogen-bond donors (Lipinski definition) is 3. The van der Waals surface area contributed by atoms with E-state index in [1.165, 1.54) is 0 Å². The Kier molecular flexibility index (Phi) is 6.41. The minimum Gasteiger partial charge on any atom is -0.372 e. The molecular weight excluding hydrogens is 316 g/mol. The summed E-state index contributed by atoms with van der Waals surface area (Å²) in [6.07, 6.45) is 9.42. The van der Waals surface area contributed by atoms with E-state index in [0.29, 0.717) is 0 Å². The van der Waals surface area contributed by atoms with Crippen LogP contribution in [0.4, 0.5) is 5.82 Å². The van der Waals surface area contributed by atoms with E-state index in [9.17, 15) is 0 Å². The van der Waals surface area contributed by atoms with E-state index in [1.807, 2.05) is 56.8 Å². The van der Waals surface area contributed by atoms with Crippen molar-refractivity contribution in [3.8, 4) is 11.1 Å². The SMILES string of the molecule is C/C(=C\Nc1ccc(-c2cncc(C)c2)cn1)c1ccn[nH]1.NC=O. The van der Waals surface area contributed by atoms with Crippen molar-refractivity contribution < 1.29 is 4.79 Å². The molecule has 0 saturated carbocycles. The number of H-pyrrole nitrogens is 1. The van der Waals surface area contributed by atoms with E-state index < -0.39 is 0 Å². The molecule has 3 aromatic heterocycles. The Balaban J connectivity index is 0.000000701. The van der Waals surface area contributed by atoms with Gasteiger partial charge in [-0.1, -0.05) is 0 Å². The second-order valence-electron chi connectivity index (χ2n) is 5.26. The largest absolute Gasteiger partial charge is 0.372 e. The minimum absolute atomic E-state index is 0.250. The molecule has 0 unspecified atom stereocenters. The monoisotopic (exact) mass is 336 g/mol. The molecule has 3 rings (SSSR count). The number of nitrogens with one attached hydrogen (secondary N) is 2. The van der Waals surface area contributed by atoms with Crippen LogP contribution in [0.5, 0.6) is 0 Å². The fourth-order valence-corrected chi connectivity index (χ4v) is 2.10. The molecule has 0 aromatic carbocycles. The van der Waals surface area contributed by atoms with Gasteiger partial charge in [-0.15, -0.1) is 0 Å². The number of carbonyl (C=O) groups excluding carboxylic acids is 1. The molecule has 0 saturated heterocycles. The quantitative estimate of drug-likeness (QED) is 0.635. The summed E-state index contributed by atoms with van der Waals surface area (Å²) in [5, 5.41) is 10.0. The Morgan fingerprint density at radius 1 is 1.20 bits per heavy atom. The molecule has 3 aromatic rings. The van der Waals surface area contributed by atoms with E-state index in [-0.39, 0.29) is 6.41 Å². The van der Waals surface area contributed by atoms with E-state index >= 15 is 0 Å². The molecule has 25 heavy (non-hydrogen) atoms. The molecule has 7 heteroatoms. The highest BCUT2D eigenvalue weighted by Crippen LogP contribution is 2.20. The van der Waals surface area contributed by atoms with Crippen LogP contribution in [0.2, 0.25) is 0 Å². The van der Waals surface area contributed by atoms with Crippen molar-refractivity contribution in [2.24, 2.45) is 5.73 Å². The van der Waals surface area contributed by atoms with Gasteiger partial charge in [0.15, 0.2) is 0 Å². The van der Waals surface area contributed by atoms with Crippen molar-refractivity contribution in [3.63, 3.8) is 0 Å².